The summed E-state index contributed by atoms with van der Waals surface area (Å²) in [6.07, 6.45) is 13.0. The molecule has 0 atom stereocenters. The topological polar surface area (TPSA) is 265 Å². The van der Waals surface area contributed by atoms with Crippen LogP contribution in [0.1, 0.15) is 55.6 Å². The van der Waals surface area contributed by atoms with Gasteiger partial charge in [0.2, 0.25) is 5.82 Å². The van der Waals surface area contributed by atoms with Gasteiger partial charge in [-0.25, -0.2) is 4.83 Å². The minimum atomic E-state index is -3.94. The smallest absolute Gasteiger partial charge is 0.120 e. The summed E-state index contributed by atoms with van der Waals surface area (Å²) >= 11 is 0.109. The quantitative estimate of drug-likeness (QED) is 0.0243. The van der Waals surface area contributed by atoms with E-state index in [1.807, 2.05) is 95.0 Å². The number of nitrogens with zero attached hydrogens (tertiary/aromatic N) is 11. The number of ether oxygens (including phenoxy) is 2. The Morgan fingerprint density at radius 1 is 0.767 bits per heavy atom. The normalized spacial score (nSPS) is 13.4. The van der Waals surface area contributed by atoms with Crippen LogP contribution >= 0.6 is 45.0 Å². The number of nitrogens with one attached hydrogen (secondary N) is 1. The van der Waals surface area contributed by atoms with Crippen molar-refractivity contribution in [2.24, 2.45) is 5.10 Å². The maximum Gasteiger partial charge on any atom is 0.120 e. The van der Waals surface area contributed by atoms with Crippen molar-refractivity contribution in [2.75, 3.05) is 51.1 Å². The number of aromatic nitrogens is 6. The first-order valence-electron chi connectivity index (χ1n) is 28.1. The molecule has 3 N–H and O–H groups in total. The van der Waals surface area contributed by atoms with Crippen molar-refractivity contribution in [1.29, 1.82) is 2.38 Å². The fraction of sp³-hybridized carbons (Fsp3) is 0.276. The minimum Gasteiger partial charge on any atom is -0.173 e. The third-order valence-electron chi connectivity index (χ3n) is 13.6. The number of pyridine rings is 2. The number of hydrogen-bond donors (Lipinski definition) is 2. The molecule has 0 bridgehead atoms. The Balaban J connectivity index is 0.000000235. The molecule has 0 saturated carbocycles. The van der Waals surface area contributed by atoms with Crippen molar-refractivity contribution in [2.45, 2.75) is 64.4 Å². The number of benzene rings is 5. The summed E-state index contributed by atoms with van der Waals surface area (Å²) in [7, 11) is 8.80. The van der Waals surface area contributed by atoms with Crippen molar-refractivity contribution >= 4 is 98.1 Å². The number of nitrogen functional groups attached to an aromatic ring is 1. The third-order valence-corrected chi connectivity index (χ3v) is 14.8. The van der Waals surface area contributed by atoms with E-state index in [9.17, 15) is 28.6 Å². The zero-order valence-electron chi connectivity index (χ0n) is 52.4. The molecule has 0 unspecified atom stereocenters. The number of fused-ring (bicyclic) bond motifs is 2. The molecule has 2 aliphatic heterocycles. The average Bonchev–Trinajstić information content (AvgIpc) is 1.69. The molecule has 0 aliphatic carbocycles. The van der Waals surface area contributed by atoms with Crippen LogP contribution in [0.2, 0.25) is 0 Å². The Morgan fingerprint density at radius 3 is 1.76 bits per heavy atom. The molecule has 3 aromatic heterocycles. The number of anilines is 1. The summed E-state index contributed by atoms with van der Waals surface area (Å²) in [6, 6.07) is 32.5. The first kappa shape index (κ1) is 63.9. The summed E-state index contributed by atoms with van der Waals surface area (Å²) in [5.74, 6) is 0.990. The van der Waals surface area contributed by atoms with Gasteiger partial charge in [-0.3, -0.25) is 40.0 Å². The van der Waals surface area contributed by atoms with Crippen LogP contribution in [0.25, 0.3) is 17.1 Å². The van der Waals surface area contributed by atoms with E-state index in [1.165, 1.54) is 82.7 Å². The largest absolute Gasteiger partial charge is 0.173 e. The minimum absolute atomic E-state index is 0.0515. The second kappa shape index (κ2) is 34.7. The Morgan fingerprint density at radius 2 is 1.26 bits per heavy atom. The molecule has 2 aliphatic rings. The van der Waals surface area contributed by atoms with Gasteiger partial charge in [-0.1, -0.05) is 64.6 Å². The molecule has 10 rings (SSSR count). The zero-order chi connectivity index (χ0) is 66.1. The molecule has 0 amide bonds. The van der Waals surface area contributed by atoms with Crippen LogP contribution in [-0.4, -0.2) is 132 Å². The fourth-order valence-electron chi connectivity index (χ4n) is 9.09. The van der Waals surface area contributed by atoms with Crippen molar-refractivity contribution in [3.8, 4) is 28.6 Å². The van der Waals surface area contributed by atoms with Gasteiger partial charge in [0.15, 0.2) is 0 Å². The number of sulfonamides is 1. The van der Waals surface area contributed by atoms with E-state index in [0.29, 0.717) is 22.6 Å². The molecule has 5 aromatic carbocycles. The molecule has 8 aromatic rings. The standard InChI is InChI=1S/C25H25N7O3.C16H17N3O5S.C16H19N3.CH3I.B3I.H4I/c1-17-13-22(23(32(33)34)14-24(17)35-2)25-27-29-31(28-25)21-5-3-18(4-6-21)8-11-30-12-9-19-7-10-26-15-20(19)16-30;1-11-4-6-14(7-5-11)25(22,23)18-17-10-13-8-12(2)16(24-3)9-15(13)19(20)21;17-16-3-1-13(2-4-16)6-9-19-10-7-14-5-8-18-11-15(14)12-19;1-2;1-3(2)4;/h3-7,10,13-15H,8-9,11-12,16H2,1-2H3;4-10,18H,1-3H3;1-5,8,11H,6-7,9-10,12,17H2;1H3;;1H4/q;;;;;-1/b;17-10+;;;;/i;;;;;1D4. The van der Waals surface area contributed by atoms with Crippen molar-refractivity contribution in [3.63, 3.8) is 0 Å². The summed E-state index contributed by atoms with van der Waals surface area (Å²) in [4.78, 5) is 40.6. The van der Waals surface area contributed by atoms with Gasteiger partial charge in [0, 0.05) is 85.2 Å². The summed E-state index contributed by atoms with van der Waals surface area (Å²) in [5.41, 5.74) is 17.8. The number of nitro groups is 2. The molecule has 0 spiro atoms. The van der Waals surface area contributed by atoms with Crippen LogP contribution < -0.4 is 43.2 Å². The van der Waals surface area contributed by atoms with Crippen molar-refractivity contribution in [3.05, 3.63) is 210 Å². The number of aryl methyl sites for hydroxylation is 3. The monoisotopic (exact) mass is 1520 g/mol. The predicted octanol–water partition coefficient (Wildman–Crippen LogP) is 5.08. The summed E-state index contributed by atoms with van der Waals surface area (Å²) < 4.78 is 58.8. The van der Waals surface area contributed by atoms with Gasteiger partial charge in [-0.2, -0.15) is 35.9 Å². The first-order valence-corrected chi connectivity index (χ1v) is 31.5. The maximum absolute atomic E-state index is 12.1. The van der Waals surface area contributed by atoms with Gasteiger partial charge in [-0.15, -0.1) is 15.0 Å². The van der Waals surface area contributed by atoms with Gasteiger partial charge in [0.05, 0.1) is 58.6 Å². The van der Waals surface area contributed by atoms with Crippen LogP contribution in [0.5, 0.6) is 11.5 Å². The fourth-order valence-corrected chi connectivity index (χ4v) is 9.88. The number of halogens is 3. The van der Waals surface area contributed by atoms with Gasteiger partial charge >= 0.3 is 25.6 Å². The van der Waals surface area contributed by atoms with Crippen LogP contribution in [0.3, 0.4) is 0 Å². The summed E-state index contributed by atoms with van der Waals surface area (Å²) in [6.45, 7) is 11.6. The van der Waals surface area contributed by atoms with Crippen LogP contribution in [0, 0.1) is 41.0 Å². The number of nitro benzene ring substituents is 2. The van der Waals surface area contributed by atoms with E-state index in [4.69, 9.17) is 33.1 Å². The van der Waals surface area contributed by atoms with Gasteiger partial charge in [0.25, 0.3) is 21.4 Å². The molecule has 450 valence electrons. The predicted molar refractivity (Wildman–Crippen MR) is 358 cm³/mol. The second-order valence-corrected chi connectivity index (χ2v) is 22.6. The van der Waals surface area contributed by atoms with Crippen LogP contribution in [0.4, 0.5) is 17.1 Å². The Kier molecular flexibility index (Phi) is 25.7. The van der Waals surface area contributed by atoms with E-state index < -0.39 is 43.1 Å². The number of tetrazole rings is 1. The number of rotatable bonds is 16. The molecular weight excluding hydrogens is 1450 g/mol. The molecule has 0 fully saturated rings. The molecule has 4 radical (unpaired) electrons. The van der Waals surface area contributed by atoms with E-state index in [2.05, 4.69) is 99.3 Å². The van der Waals surface area contributed by atoms with E-state index in [1.54, 1.807) is 25.1 Å². The Bertz CT molecular complexity index is 3770. The maximum atomic E-state index is 12.1. The third kappa shape index (κ3) is 20.8. The molecule has 21 nitrogen and oxygen atoms in total. The van der Waals surface area contributed by atoms with Crippen molar-refractivity contribution < 1.29 is 50.9 Å². The van der Waals surface area contributed by atoms with Crippen LogP contribution in [0.15, 0.2) is 144 Å². The van der Waals surface area contributed by atoms with Crippen LogP contribution in [-0.2, 0) is 48.8 Å². The van der Waals surface area contributed by atoms with Gasteiger partial charge < -0.3 is 15.2 Å². The molecule has 86 heavy (non-hydrogen) atoms. The molecule has 28 heteroatoms. The zero-order valence-corrected chi connectivity index (χ0v) is 55.7. The van der Waals surface area contributed by atoms with Crippen molar-refractivity contribution in [1.82, 2.24) is 44.8 Å². The molecular formula is C58H68B3I3N13O8S-. The van der Waals surface area contributed by atoms with E-state index in [0.717, 1.165) is 93.7 Å². The SMILES string of the molecule is CI.COc1cc([N+](=O)[O-])c(-c2nnn(-c3ccc(CCN4CCc5ccncc5C4)cc3)n2)cc1C.COc1cc([N+](=O)[O-])c(/C=N/NS(=O)(=O)c2ccc(C)cc2)cc1C.Nc1ccc(CCN2CCc3ccncc3C2)cc1.[2H][I-]([2H])([2H])[2H].[B]B([B])I. The number of alkyl halides is 1. The summed E-state index contributed by atoms with van der Waals surface area (Å²) in [5, 5.41) is 39.0. The number of hydrazone groups is 1. The second-order valence-electron chi connectivity index (χ2n) is 19.5. The Labute approximate surface area is 550 Å². The Hall–Kier alpha value is -6.61. The van der Waals surface area contributed by atoms with Gasteiger partial charge in [-0.05, 0) is 162 Å². The van der Waals surface area contributed by atoms with E-state index in [-0.39, 0.29) is 32.0 Å². The average molecular weight is 1520 g/mol. The number of hydrogen-bond acceptors (Lipinski definition) is 17. The van der Waals surface area contributed by atoms with E-state index >= 15 is 0 Å². The molecule has 0 saturated heterocycles. The first-order chi connectivity index (χ1) is 42.8. The van der Waals surface area contributed by atoms with Gasteiger partial charge in [0.1, 0.15) is 21.4 Å². The number of nitrogens with two attached hydrogens (primary N) is 1. The molecule has 5 heterocycles. The number of methoxy groups -OCH3 is 2.